The molecule has 160 valence electrons. The lowest BCUT2D eigenvalue weighted by atomic mass is 9.93. The summed E-state index contributed by atoms with van der Waals surface area (Å²) in [7, 11) is 0. The number of nitrogens with zero attached hydrogens (tertiary/aromatic N) is 2. The van der Waals surface area contributed by atoms with Crippen molar-refractivity contribution in [2.24, 2.45) is 5.92 Å². The maximum absolute atomic E-state index is 12.4. The van der Waals surface area contributed by atoms with Gasteiger partial charge in [-0.05, 0) is 63.6 Å². The van der Waals surface area contributed by atoms with Gasteiger partial charge in [0.1, 0.15) is 0 Å². The topological polar surface area (TPSA) is 64.7 Å². The number of likely N-dealkylation sites (tertiary alicyclic amines) is 2. The molecule has 29 heavy (non-hydrogen) atoms. The average molecular weight is 401 g/mol. The van der Waals surface area contributed by atoms with E-state index >= 15 is 0 Å². The van der Waals surface area contributed by atoms with Gasteiger partial charge in [-0.2, -0.15) is 0 Å². The maximum atomic E-state index is 12.4. The van der Waals surface area contributed by atoms with E-state index in [1.165, 1.54) is 25.8 Å². The number of piperidine rings is 2. The smallest absolute Gasteiger partial charge is 0.321 e. The fourth-order valence-electron chi connectivity index (χ4n) is 4.40. The average Bonchev–Trinajstić information content (AvgIpc) is 2.73. The van der Waals surface area contributed by atoms with Gasteiger partial charge in [0.2, 0.25) is 5.91 Å². The Kier molecular flexibility index (Phi) is 8.35. The second-order valence-corrected chi connectivity index (χ2v) is 8.52. The molecular formula is C23H36N4O2. The molecule has 2 aliphatic heterocycles. The molecule has 2 N–H and O–H groups in total. The second kappa shape index (κ2) is 11.2. The predicted octanol–water partition coefficient (Wildman–Crippen LogP) is 3.70. The zero-order chi connectivity index (χ0) is 20.5. The third-order valence-corrected chi connectivity index (χ3v) is 6.29. The Morgan fingerprint density at radius 2 is 1.79 bits per heavy atom. The van der Waals surface area contributed by atoms with Crippen LogP contribution in [0.25, 0.3) is 0 Å². The number of nitrogens with one attached hydrogen (secondary N) is 2. The molecule has 2 aliphatic rings. The minimum atomic E-state index is -0.0500. The summed E-state index contributed by atoms with van der Waals surface area (Å²) in [5.74, 6) is 0.529. The zero-order valence-corrected chi connectivity index (χ0v) is 17.7. The lowest BCUT2D eigenvalue weighted by molar-refractivity contribution is -0.122. The Morgan fingerprint density at radius 1 is 1.03 bits per heavy atom. The molecule has 0 aliphatic carbocycles. The van der Waals surface area contributed by atoms with Crippen molar-refractivity contribution in [1.29, 1.82) is 0 Å². The van der Waals surface area contributed by atoms with Crippen LogP contribution >= 0.6 is 0 Å². The van der Waals surface area contributed by atoms with Crippen molar-refractivity contribution < 1.29 is 9.59 Å². The Morgan fingerprint density at radius 3 is 2.52 bits per heavy atom. The highest BCUT2D eigenvalue weighted by molar-refractivity contribution is 5.89. The van der Waals surface area contributed by atoms with Crippen LogP contribution in [0.3, 0.4) is 0 Å². The molecule has 6 nitrogen and oxygen atoms in total. The molecule has 2 saturated heterocycles. The molecule has 0 spiro atoms. The summed E-state index contributed by atoms with van der Waals surface area (Å²) in [5, 5.41) is 6.03. The van der Waals surface area contributed by atoms with Crippen molar-refractivity contribution in [3.05, 3.63) is 30.3 Å². The van der Waals surface area contributed by atoms with E-state index in [1.54, 1.807) is 0 Å². The molecule has 0 aromatic heterocycles. The molecule has 1 unspecified atom stereocenters. The van der Waals surface area contributed by atoms with Crippen LogP contribution in [-0.2, 0) is 4.79 Å². The van der Waals surface area contributed by atoms with Crippen molar-refractivity contribution >= 4 is 17.6 Å². The molecule has 1 aromatic carbocycles. The maximum Gasteiger partial charge on any atom is 0.321 e. The minimum Gasteiger partial charge on any atom is -0.356 e. The first kappa shape index (κ1) is 21.6. The van der Waals surface area contributed by atoms with Crippen LogP contribution in [0.1, 0.15) is 51.9 Å². The van der Waals surface area contributed by atoms with Crippen LogP contribution in [0.2, 0.25) is 0 Å². The van der Waals surface area contributed by atoms with Crippen molar-refractivity contribution in [3.63, 3.8) is 0 Å². The van der Waals surface area contributed by atoms with Gasteiger partial charge in [-0.25, -0.2) is 4.79 Å². The summed E-state index contributed by atoms with van der Waals surface area (Å²) >= 11 is 0. The normalized spacial score (nSPS) is 21.0. The van der Waals surface area contributed by atoms with Crippen molar-refractivity contribution in [3.8, 4) is 0 Å². The first-order valence-electron chi connectivity index (χ1n) is 11.2. The van der Waals surface area contributed by atoms with E-state index in [0.717, 1.165) is 38.0 Å². The summed E-state index contributed by atoms with van der Waals surface area (Å²) in [6.45, 7) is 6.78. The summed E-state index contributed by atoms with van der Waals surface area (Å²) < 4.78 is 0. The number of benzene rings is 1. The minimum absolute atomic E-state index is 0.0500. The number of carbonyl (C=O) groups excluding carboxylic acids is 2. The van der Waals surface area contributed by atoms with Crippen LogP contribution in [0.4, 0.5) is 10.5 Å². The number of hydrogen-bond donors (Lipinski definition) is 2. The van der Waals surface area contributed by atoms with Gasteiger partial charge in [-0.1, -0.05) is 24.6 Å². The van der Waals surface area contributed by atoms with Crippen LogP contribution in [-0.4, -0.2) is 60.5 Å². The number of amides is 3. The molecule has 2 heterocycles. The van der Waals surface area contributed by atoms with Crippen LogP contribution in [0.5, 0.6) is 0 Å². The van der Waals surface area contributed by atoms with Crippen LogP contribution in [0, 0.1) is 5.92 Å². The van der Waals surface area contributed by atoms with E-state index in [2.05, 4.69) is 22.5 Å². The Bertz CT molecular complexity index is 644. The summed E-state index contributed by atoms with van der Waals surface area (Å²) in [5.41, 5.74) is 0.818. The molecule has 0 saturated carbocycles. The number of carbonyl (C=O) groups is 2. The van der Waals surface area contributed by atoms with Crippen molar-refractivity contribution in [1.82, 2.24) is 15.1 Å². The van der Waals surface area contributed by atoms with E-state index in [1.807, 2.05) is 35.2 Å². The molecule has 0 radical (unpaired) electrons. The highest BCUT2D eigenvalue weighted by Gasteiger charge is 2.24. The van der Waals surface area contributed by atoms with E-state index in [9.17, 15) is 9.59 Å². The van der Waals surface area contributed by atoms with Gasteiger partial charge in [0.05, 0.1) is 0 Å². The van der Waals surface area contributed by atoms with Gasteiger partial charge in [-0.3, -0.25) is 4.79 Å². The second-order valence-electron chi connectivity index (χ2n) is 8.52. The number of hydrogen-bond acceptors (Lipinski definition) is 3. The van der Waals surface area contributed by atoms with Crippen molar-refractivity contribution in [2.75, 3.05) is 38.0 Å². The first-order valence-corrected chi connectivity index (χ1v) is 11.2. The van der Waals surface area contributed by atoms with Gasteiger partial charge in [0.25, 0.3) is 0 Å². The number of rotatable bonds is 7. The zero-order valence-electron chi connectivity index (χ0n) is 17.7. The van der Waals surface area contributed by atoms with Gasteiger partial charge in [0, 0.05) is 44.3 Å². The van der Waals surface area contributed by atoms with Crippen LogP contribution in [0.15, 0.2) is 30.3 Å². The third-order valence-electron chi connectivity index (χ3n) is 6.29. The predicted molar refractivity (Wildman–Crippen MR) is 117 cm³/mol. The fraction of sp³-hybridized carbons (Fsp3) is 0.652. The quantitative estimate of drug-likeness (QED) is 0.686. The highest BCUT2D eigenvalue weighted by Crippen LogP contribution is 2.21. The Labute approximate surface area is 175 Å². The Hall–Kier alpha value is -2.08. The molecule has 2 fully saturated rings. The lowest BCUT2D eigenvalue weighted by Crippen LogP contribution is -2.42. The molecule has 1 atom stereocenters. The van der Waals surface area contributed by atoms with E-state index in [-0.39, 0.29) is 11.9 Å². The highest BCUT2D eigenvalue weighted by atomic mass is 16.2. The summed E-state index contributed by atoms with van der Waals surface area (Å²) in [4.78, 5) is 29.0. The van der Waals surface area contributed by atoms with Gasteiger partial charge in [-0.15, -0.1) is 0 Å². The standard InChI is InChI=1S/C23H36N4O2/c1-19-8-5-6-14-26(19)15-7-13-24-22(28)18-20-11-16-27(17-12-20)23(29)25-21-9-3-2-4-10-21/h2-4,9-10,19-20H,5-8,11-18H2,1H3,(H,24,28)(H,25,29). The molecule has 0 bridgehead atoms. The molecule has 3 amide bonds. The van der Waals surface area contributed by atoms with Crippen molar-refractivity contribution in [2.45, 2.75) is 57.9 Å². The summed E-state index contributed by atoms with van der Waals surface area (Å²) in [6, 6.07) is 10.2. The van der Waals surface area contributed by atoms with Gasteiger partial charge < -0.3 is 20.4 Å². The molecule has 3 rings (SSSR count). The van der Waals surface area contributed by atoms with E-state index in [0.29, 0.717) is 31.5 Å². The van der Waals surface area contributed by atoms with E-state index < -0.39 is 0 Å². The lowest BCUT2D eigenvalue weighted by Gasteiger charge is -2.33. The SMILES string of the molecule is CC1CCCCN1CCCNC(=O)CC1CCN(C(=O)Nc2ccccc2)CC1. The van der Waals surface area contributed by atoms with E-state index in [4.69, 9.17) is 0 Å². The first-order chi connectivity index (χ1) is 14.1. The monoisotopic (exact) mass is 400 g/mol. The molecule has 1 aromatic rings. The third kappa shape index (κ3) is 7.03. The summed E-state index contributed by atoms with van der Waals surface area (Å²) in [6.07, 6.45) is 7.33. The largest absolute Gasteiger partial charge is 0.356 e. The number of para-hydroxylation sites is 1. The Balaban J connectivity index is 1.28. The number of urea groups is 1. The molecular weight excluding hydrogens is 364 g/mol. The number of anilines is 1. The van der Waals surface area contributed by atoms with Gasteiger partial charge in [0.15, 0.2) is 0 Å². The molecule has 6 heteroatoms. The fourth-order valence-corrected chi connectivity index (χ4v) is 4.40. The van der Waals surface area contributed by atoms with Crippen LogP contribution < -0.4 is 10.6 Å². The van der Waals surface area contributed by atoms with Gasteiger partial charge >= 0.3 is 6.03 Å².